The number of aromatic nitrogens is 1. The first-order chi connectivity index (χ1) is 9.79. The molecule has 2 aromatic rings. The number of phenols is 1. The van der Waals surface area contributed by atoms with Crippen LogP contribution in [0.4, 0.5) is 5.82 Å². The number of anilines is 1. The molecule has 1 aliphatic carbocycles. The Morgan fingerprint density at radius 1 is 1.20 bits per heavy atom. The lowest BCUT2D eigenvalue weighted by Gasteiger charge is -2.30. The van der Waals surface area contributed by atoms with Crippen LogP contribution in [0.5, 0.6) is 5.75 Å². The van der Waals surface area contributed by atoms with Crippen LogP contribution in [-0.2, 0) is 0 Å². The summed E-state index contributed by atoms with van der Waals surface area (Å²) >= 11 is 0. The third-order valence-corrected chi connectivity index (χ3v) is 4.11. The molecule has 0 spiro atoms. The number of benzene rings is 1. The molecule has 0 atom stereocenters. The van der Waals surface area contributed by atoms with Crippen LogP contribution in [-0.4, -0.2) is 34.4 Å². The van der Waals surface area contributed by atoms with Crippen LogP contribution < -0.4 is 4.90 Å². The molecule has 1 aromatic heterocycles. The van der Waals surface area contributed by atoms with Gasteiger partial charge >= 0.3 is 0 Å². The lowest BCUT2D eigenvalue weighted by atomic mass is 10.1. The second-order valence-corrected chi connectivity index (χ2v) is 5.40. The summed E-state index contributed by atoms with van der Waals surface area (Å²) < 4.78 is 0. The molecule has 2 N–H and O–H groups in total. The second kappa shape index (κ2) is 5.67. The fourth-order valence-corrected chi connectivity index (χ4v) is 3.15. The first-order valence-electron chi connectivity index (χ1n) is 7.25. The number of rotatable bonds is 4. The van der Waals surface area contributed by atoms with E-state index in [2.05, 4.69) is 9.88 Å². The van der Waals surface area contributed by atoms with Gasteiger partial charge in [-0.2, -0.15) is 0 Å². The smallest absolute Gasteiger partial charge is 0.136 e. The summed E-state index contributed by atoms with van der Waals surface area (Å²) in [5.41, 5.74) is 0. The summed E-state index contributed by atoms with van der Waals surface area (Å²) in [6.45, 7) is 0.708. The lowest BCUT2D eigenvalue weighted by Crippen LogP contribution is -2.36. The number of fused-ring (bicyclic) bond motifs is 1. The average molecular weight is 272 g/mol. The third kappa shape index (κ3) is 2.43. The number of pyridine rings is 1. The molecule has 1 aromatic carbocycles. The first-order valence-corrected chi connectivity index (χ1v) is 7.25. The Bertz CT molecular complexity index is 594. The monoisotopic (exact) mass is 272 g/mol. The van der Waals surface area contributed by atoms with Crippen molar-refractivity contribution in [3.05, 3.63) is 30.5 Å². The Morgan fingerprint density at radius 2 is 2.00 bits per heavy atom. The van der Waals surface area contributed by atoms with Crippen molar-refractivity contribution in [3.63, 3.8) is 0 Å². The Kier molecular flexibility index (Phi) is 3.74. The minimum atomic E-state index is 0.118. The molecule has 4 nitrogen and oxygen atoms in total. The van der Waals surface area contributed by atoms with Gasteiger partial charge < -0.3 is 15.1 Å². The van der Waals surface area contributed by atoms with Crippen LogP contribution in [0.25, 0.3) is 10.8 Å². The molecule has 106 valence electrons. The van der Waals surface area contributed by atoms with Gasteiger partial charge in [0, 0.05) is 24.2 Å². The molecule has 3 rings (SSSR count). The Labute approximate surface area is 118 Å². The van der Waals surface area contributed by atoms with Crippen LogP contribution >= 0.6 is 0 Å². The van der Waals surface area contributed by atoms with E-state index in [1.165, 1.54) is 12.8 Å². The van der Waals surface area contributed by atoms with Gasteiger partial charge in [0.05, 0.1) is 6.61 Å². The molecule has 1 fully saturated rings. The zero-order chi connectivity index (χ0) is 13.9. The number of hydrogen-bond acceptors (Lipinski definition) is 4. The van der Waals surface area contributed by atoms with Crippen LogP contribution in [0, 0.1) is 0 Å². The van der Waals surface area contributed by atoms with E-state index in [-0.39, 0.29) is 12.4 Å². The van der Waals surface area contributed by atoms with Crippen molar-refractivity contribution in [3.8, 4) is 5.75 Å². The third-order valence-electron chi connectivity index (χ3n) is 4.11. The maximum Gasteiger partial charge on any atom is 0.136 e. The fourth-order valence-electron chi connectivity index (χ4n) is 3.15. The summed E-state index contributed by atoms with van der Waals surface area (Å²) in [4.78, 5) is 6.72. The largest absolute Gasteiger partial charge is 0.508 e. The number of phenolic OH excluding ortho intramolecular Hbond substituents is 1. The molecule has 0 radical (unpaired) electrons. The molecule has 1 heterocycles. The molecule has 1 saturated carbocycles. The van der Waals surface area contributed by atoms with E-state index >= 15 is 0 Å². The average Bonchev–Trinajstić information content (AvgIpc) is 2.98. The molecule has 0 amide bonds. The van der Waals surface area contributed by atoms with Gasteiger partial charge in [-0.25, -0.2) is 4.98 Å². The SMILES string of the molecule is OCCN(c1nccc2ccc(O)cc12)C1CCCC1. The van der Waals surface area contributed by atoms with Gasteiger partial charge in [0.25, 0.3) is 0 Å². The predicted octanol–water partition coefficient (Wildman–Crippen LogP) is 2.68. The minimum absolute atomic E-state index is 0.118. The maximum absolute atomic E-state index is 9.74. The molecule has 0 bridgehead atoms. The van der Waals surface area contributed by atoms with Crippen molar-refractivity contribution in [2.75, 3.05) is 18.1 Å². The van der Waals surface area contributed by atoms with E-state index in [4.69, 9.17) is 0 Å². The van der Waals surface area contributed by atoms with Crippen molar-refractivity contribution in [2.24, 2.45) is 0 Å². The summed E-state index contributed by atoms with van der Waals surface area (Å²) in [6.07, 6.45) is 6.58. The number of hydrogen-bond donors (Lipinski definition) is 2. The number of aromatic hydroxyl groups is 1. The van der Waals surface area contributed by atoms with Crippen molar-refractivity contribution in [1.82, 2.24) is 4.98 Å². The lowest BCUT2D eigenvalue weighted by molar-refractivity contribution is 0.297. The highest BCUT2D eigenvalue weighted by Gasteiger charge is 2.24. The molecule has 1 aliphatic rings. The molecular formula is C16H20N2O2. The van der Waals surface area contributed by atoms with Crippen LogP contribution in [0.3, 0.4) is 0 Å². The number of aliphatic hydroxyl groups is 1. The fraction of sp³-hybridized carbons (Fsp3) is 0.438. The maximum atomic E-state index is 9.74. The molecule has 0 unspecified atom stereocenters. The van der Waals surface area contributed by atoms with Gasteiger partial charge in [-0.1, -0.05) is 18.9 Å². The standard InChI is InChI=1S/C16H20N2O2/c19-10-9-18(13-3-1-2-4-13)16-15-11-14(20)6-5-12(15)7-8-17-16/h5-8,11,13,19-20H,1-4,9-10H2. The Morgan fingerprint density at radius 3 is 2.75 bits per heavy atom. The highest BCUT2D eigenvalue weighted by atomic mass is 16.3. The Hall–Kier alpha value is -1.81. The molecule has 0 saturated heterocycles. The van der Waals surface area contributed by atoms with E-state index in [9.17, 15) is 10.2 Å². The van der Waals surface area contributed by atoms with Crippen molar-refractivity contribution in [2.45, 2.75) is 31.7 Å². The zero-order valence-electron chi connectivity index (χ0n) is 11.5. The number of aliphatic hydroxyl groups excluding tert-OH is 1. The van der Waals surface area contributed by atoms with Gasteiger partial charge in [0.2, 0.25) is 0 Å². The number of nitrogens with zero attached hydrogens (tertiary/aromatic N) is 2. The van der Waals surface area contributed by atoms with Crippen molar-refractivity contribution in [1.29, 1.82) is 0 Å². The van der Waals surface area contributed by atoms with Gasteiger partial charge in [-0.3, -0.25) is 0 Å². The van der Waals surface area contributed by atoms with Crippen LogP contribution in [0.1, 0.15) is 25.7 Å². The molecule has 20 heavy (non-hydrogen) atoms. The highest BCUT2D eigenvalue weighted by molar-refractivity contribution is 5.93. The normalized spacial score (nSPS) is 15.8. The van der Waals surface area contributed by atoms with Crippen molar-refractivity contribution < 1.29 is 10.2 Å². The topological polar surface area (TPSA) is 56.6 Å². The predicted molar refractivity (Wildman–Crippen MR) is 80.1 cm³/mol. The van der Waals surface area contributed by atoms with Crippen LogP contribution in [0.15, 0.2) is 30.5 Å². The van der Waals surface area contributed by atoms with E-state index in [1.54, 1.807) is 18.3 Å². The quantitative estimate of drug-likeness (QED) is 0.898. The molecular weight excluding hydrogens is 252 g/mol. The second-order valence-electron chi connectivity index (χ2n) is 5.40. The zero-order valence-corrected chi connectivity index (χ0v) is 11.5. The van der Waals surface area contributed by atoms with Gasteiger partial charge in [0.1, 0.15) is 11.6 Å². The molecule has 4 heteroatoms. The summed E-state index contributed by atoms with van der Waals surface area (Å²) in [6, 6.07) is 7.75. The molecule has 0 aliphatic heterocycles. The van der Waals surface area contributed by atoms with Crippen molar-refractivity contribution >= 4 is 16.6 Å². The summed E-state index contributed by atoms with van der Waals surface area (Å²) in [5.74, 6) is 1.13. The summed E-state index contributed by atoms with van der Waals surface area (Å²) in [7, 11) is 0. The Balaban J connectivity index is 2.07. The van der Waals surface area contributed by atoms with Crippen LogP contribution in [0.2, 0.25) is 0 Å². The van der Waals surface area contributed by atoms with E-state index in [1.807, 2.05) is 12.1 Å². The van der Waals surface area contributed by atoms with Gasteiger partial charge in [0.15, 0.2) is 0 Å². The first kappa shape index (κ1) is 13.2. The highest BCUT2D eigenvalue weighted by Crippen LogP contribution is 2.32. The summed E-state index contributed by atoms with van der Waals surface area (Å²) in [5, 5.41) is 21.1. The van der Waals surface area contributed by atoms with Gasteiger partial charge in [-0.15, -0.1) is 0 Å². The van der Waals surface area contributed by atoms with E-state index in [0.29, 0.717) is 12.6 Å². The minimum Gasteiger partial charge on any atom is -0.508 e. The van der Waals surface area contributed by atoms with E-state index in [0.717, 1.165) is 29.4 Å². The van der Waals surface area contributed by atoms with Gasteiger partial charge in [-0.05, 0) is 36.4 Å². The van der Waals surface area contributed by atoms with E-state index < -0.39 is 0 Å².